The molecule has 0 amide bonds. The molecule has 12 heavy (non-hydrogen) atoms. The van der Waals surface area contributed by atoms with Gasteiger partial charge in [0, 0.05) is 0 Å². The molecule has 0 heterocycles. The van der Waals surface area contributed by atoms with Crippen LogP contribution in [0.25, 0.3) is 0 Å². The molecule has 1 nitrogen and oxygen atoms in total. The molecule has 1 aliphatic rings. The predicted molar refractivity (Wildman–Crippen MR) is 40.6 cm³/mol. The van der Waals surface area contributed by atoms with Crippen molar-refractivity contribution in [3.63, 3.8) is 0 Å². The van der Waals surface area contributed by atoms with Gasteiger partial charge in [0.15, 0.2) is 0 Å². The van der Waals surface area contributed by atoms with E-state index in [1.54, 1.807) is 0 Å². The van der Waals surface area contributed by atoms with E-state index in [9.17, 15) is 13.2 Å². The Balaban J connectivity index is 2.35. The van der Waals surface area contributed by atoms with Gasteiger partial charge in [-0.05, 0) is 38.1 Å². The van der Waals surface area contributed by atoms with Gasteiger partial charge < -0.3 is 5.73 Å². The summed E-state index contributed by atoms with van der Waals surface area (Å²) in [5.74, 6) is -0.851. The molecule has 1 fully saturated rings. The third-order valence-electron chi connectivity index (χ3n) is 2.58. The summed E-state index contributed by atoms with van der Waals surface area (Å²) in [7, 11) is 0. The Bertz CT molecular complexity index is 144. The Morgan fingerprint density at radius 2 is 1.92 bits per heavy atom. The molecule has 4 heteroatoms. The van der Waals surface area contributed by atoms with E-state index < -0.39 is 12.1 Å². The van der Waals surface area contributed by atoms with Crippen LogP contribution in [0.1, 0.15) is 25.7 Å². The molecule has 0 radical (unpaired) electrons. The van der Waals surface area contributed by atoms with Crippen LogP contribution in [0.2, 0.25) is 0 Å². The molecule has 0 aromatic carbocycles. The average Bonchev–Trinajstić information content (AvgIpc) is 2.35. The van der Waals surface area contributed by atoms with Gasteiger partial charge in [-0.1, -0.05) is 0 Å². The SMILES string of the molecule is NCCC1CCC(C(F)(F)F)C1. The highest BCUT2D eigenvalue weighted by molar-refractivity contribution is 4.80. The summed E-state index contributed by atoms with van der Waals surface area (Å²) in [4.78, 5) is 0. The van der Waals surface area contributed by atoms with E-state index in [-0.39, 0.29) is 5.92 Å². The molecule has 0 spiro atoms. The van der Waals surface area contributed by atoms with Gasteiger partial charge in [0.25, 0.3) is 0 Å². The zero-order valence-corrected chi connectivity index (χ0v) is 6.90. The number of rotatable bonds is 2. The second-order valence-corrected chi connectivity index (χ2v) is 3.49. The van der Waals surface area contributed by atoms with E-state index in [0.29, 0.717) is 25.8 Å². The standard InChI is InChI=1S/C8H14F3N/c9-8(10,11)7-2-1-6(5-7)3-4-12/h6-7H,1-5,12H2. The second-order valence-electron chi connectivity index (χ2n) is 3.49. The first-order valence-electron chi connectivity index (χ1n) is 4.31. The lowest BCUT2D eigenvalue weighted by Gasteiger charge is -2.14. The quantitative estimate of drug-likeness (QED) is 0.695. The van der Waals surface area contributed by atoms with Gasteiger partial charge in [-0.2, -0.15) is 13.2 Å². The fraction of sp³-hybridized carbons (Fsp3) is 1.00. The summed E-state index contributed by atoms with van der Waals surface area (Å²) in [6.45, 7) is 0.509. The van der Waals surface area contributed by atoms with Gasteiger partial charge >= 0.3 is 6.18 Å². The average molecular weight is 181 g/mol. The van der Waals surface area contributed by atoms with E-state index in [1.165, 1.54) is 0 Å². The summed E-state index contributed by atoms with van der Waals surface area (Å²) in [6.07, 6.45) is -1.95. The van der Waals surface area contributed by atoms with Crippen molar-refractivity contribution in [1.29, 1.82) is 0 Å². The summed E-state index contributed by atoms with van der Waals surface area (Å²) in [5.41, 5.74) is 5.28. The van der Waals surface area contributed by atoms with Crippen LogP contribution < -0.4 is 5.73 Å². The minimum Gasteiger partial charge on any atom is -0.330 e. The highest BCUT2D eigenvalue weighted by Gasteiger charge is 2.43. The van der Waals surface area contributed by atoms with Crippen molar-refractivity contribution >= 4 is 0 Å². The van der Waals surface area contributed by atoms with Crippen molar-refractivity contribution in [1.82, 2.24) is 0 Å². The van der Waals surface area contributed by atoms with Crippen molar-refractivity contribution in [3.05, 3.63) is 0 Å². The number of nitrogens with two attached hydrogens (primary N) is 1. The first-order valence-corrected chi connectivity index (χ1v) is 4.31. The van der Waals surface area contributed by atoms with Gasteiger partial charge in [0.05, 0.1) is 5.92 Å². The van der Waals surface area contributed by atoms with Crippen LogP contribution in [0.15, 0.2) is 0 Å². The predicted octanol–water partition coefficient (Wildman–Crippen LogP) is 2.31. The van der Waals surface area contributed by atoms with Crippen molar-refractivity contribution in [2.45, 2.75) is 31.9 Å². The molecule has 2 N–H and O–H groups in total. The van der Waals surface area contributed by atoms with Gasteiger partial charge in [-0.15, -0.1) is 0 Å². The van der Waals surface area contributed by atoms with Gasteiger partial charge in [-0.25, -0.2) is 0 Å². The molecular formula is C8H14F3N. The molecular weight excluding hydrogens is 167 g/mol. The normalized spacial score (nSPS) is 31.0. The summed E-state index contributed by atoms with van der Waals surface area (Å²) in [5, 5.41) is 0. The highest BCUT2D eigenvalue weighted by Crippen LogP contribution is 2.42. The van der Waals surface area contributed by atoms with Crippen molar-refractivity contribution in [2.24, 2.45) is 17.6 Å². The van der Waals surface area contributed by atoms with Crippen LogP contribution in [0, 0.1) is 11.8 Å². The Morgan fingerprint density at radius 3 is 2.33 bits per heavy atom. The van der Waals surface area contributed by atoms with Crippen LogP contribution >= 0.6 is 0 Å². The first-order chi connectivity index (χ1) is 5.54. The number of hydrogen-bond acceptors (Lipinski definition) is 1. The van der Waals surface area contributed by atoms with Gasteiger partial charge in [0.2, 0.25) is 0 Å². The number of alkyl halides is 3. The summed E-state index contributed by atoms with van der Waals surface area (Å²) >= 11 is 0. The summed E-state index contributed by atoms with van der Waals surface area (Å²) < 4.78 is 36.4. The van der Waals surface area contributed by atoms with Gasteiger partial charge in [-0.3, -0.25) is 0 Å². The van der Waals surface area contributed by atoms with Crippen LogP contribution in [0.3, 0.4) is 0 Å². The molecule has 0 aromatic rings. The molecule has 2 atom stereocenters. The Hall–Kier alpha value is -0.250. The fourth-order valence-corrected chi connectivity index (χ4v) is 1.87. The molecule has 1 aliphatic carbocycles. The van der Waals surface area contributed by atoms with E-state index in [1.807, 2.05) is 0 Å². The second kappa shape index (κ2) is 3.64. The summed E-state index contributed by atoms with van der Waals surface area (Å²) in [6, 6.07) is 0. The minimum absolute atomic E-state index is 0.210. The van der Waals surface area contributed by atoms with Crippen molar-refractivity contribution in [2.75, 3.05) is 6.54 Å². The van der Waals surface area contributed by atoms with Crippen LogP contribution in [0.5, 0.6) is 0 Å². The number of halogens is 3. The van der Waals surface area contributed by atoms with E-state index in [4.69, 9.17) is 5.73 Å². The molecule has 0 saturated heterocycles. The van der Waals surface area contributed by atoms with Crippen LogP contribution in [-0.2, 0) is 0 Å². The van der Waals surface area contributed by atoms with Crippen molar-refractivity contribution < 1.29 is 13.2 Å². The zero-order valence-electron chi connectivity index (χ0n) is 6.90. The minimum atomic E-state index is -3.98. The Morgan fingerprint density at radius 1 is 1.25 bits per heavy atom. The van der Waals surface area contributed by atoms with E-state index >= 15 is 0 Å². The van der Waals surface area contributed by atoms with E-state index in [0.717, 1.165) is 6.42 Å². The molecule has 72 valence electrons. The maximum Gasteiger partial charge on any atom is 0.391 e. The zero-order chi connectivity index (χ0) is 9.19. The Kier molecular flexibility index (Phi) is 2.99. The van der Waals surface area contributed by atoms with Gasteiger partial charge in [0.1, 0.15) is 0 Å². The topological polar surface area (TPSA) is 26.0 Å². The Labute approximate surface area is 70.1 Å². The highest BCUT2D eigenvalue weighted by atomic mass is 19.4. The number of hydrogen-bond donors (Lipinski definition) is 1. The molecule has 0 aromatic heterocycles. The lowest BCUT2D eigenvalue weighted by Crippen LogP contribution is -2.20. The molecule has 1 rings (SSSR count). The van der Waals surface area contributed by atoms with E-state index in [2.05, 4.69) is 0 Å². The van der Waals surface area contributed by atoms with Crippen LogP contribution in [-0.4, -0.2) is 12.7 Å². The molecule has 2 unspecified atom stereocenters. The smallest absolute Gasteiger partial charge is 0.330 e. The third kappa shape index (κ3) is 2.37. The largest absolute Gasteiger partial charge is 0.391 e. The maximum absolute atomic E-state index is 12.1. The lowest BCUT2D eigenvalue weighted by atomic mass is 10.0. The molecule has 0 bridgehead atoms. The monoisotopic (exact) mass is 181 g/mol. The maximum atomic E-state index is 12.1. The molecule has 1 saturated carbocycles. The fourth-order valence-electron chi connectivity index (χ4n) is 1.87. The van der Waals surface area contributed by atoms with Crippen LogP contribution in [0.4, 0.5) is 13.2 Å². The molecule has 0 aliphatic heterocycles. The lowest BCUT2D eigenvalue weighted by molar-refractivity contribution is -0.173. The third-order valence-corrected chi connectivity index (χ3v) is 2.58. The first kappa shape index (κ1) is 9.84. The van der Waals surface area contributed by atoms with Crippen molar-refractivity contribution in [3.8, 4) is 0 Å².